The summed E-state index contributed by atoms with van der Waals surface area (Å²) in [6, 6.07) is 21.1. The number of carbonyl (C=O) groups is 1. The molecule has 7 heteroatoms. The van der Waals surface area contributed by atoms with Crippen molar-refractivity contribution in [3.05, 3.63) is 89.0 Å². The van der Waals surface area contributed by atoms with Gasteiger partial charge in [0.15, 0.2) is 11.5 Å². The molecule has 2 heterocycles. The highest BCUT2D eigenvalue weighted by Gasteiger charge is 2.43. The number of carboxylic acids is 1. The van der Waals surface area contributed by atoms with Crippen molar-refractivity contribution in [3.8, 4) is 17.2 Å². The van der Waals surface area contributed by atoms with Crippen LogP contribution in [-0.4, -0.2) is 36.0 Å². The Kier molecular flexibility index (Phi) is 4.93. The van der Waals surface area contributed by atoms with E-state index >= 15 is 0 Å². The molecule has 1 N–H and O–H groups in total. The number of nitrogens with zero attached hydrogens (tertiary/aromatic N) is 2. The van der Waals surface area contributed by atoms with Gasteiger partial charge in [-0.3, -0.25) is 0 Å². The van der Waals surface area contributed by atoms with Crippen LogP contribution in [0.1, 0.15) is 45.7 Å². The molecular formula is C25H22N2O5. The number of hydrogen-bond acceptors (Lipinski definition) is 6. The van der Waals surface area contributed by atoms with E-state index in [4.69, 9.17) is 19.3 Å². The summed E-state index contributed by atoms with van der Waals surface area (Å²) >= 11 is 0. The molecule has 0 spiro atoms. The summed E-state index contributed by atoms with van der Waals surface area (Å²) in [6.45, 7) is 0. The number of rotatable bonds is 5. The second-order valence-electron chi connectivity index (χ2n) is 7.59. The van der Waals surface area contributed by atoms with Crippen LogP contribution in [-0.2, 0) is 0 Å². The third-order valence-corrected chi connectivity index (χ3v) is 5.86. The highest BCUT2D eigenvalue weighted by Crippen LogP contribution is 2.49. The molecule has 0 radical (unpaired) electrons. The van der Waals surface area contributed by atoms with Gasteiger partial charge < -0.3 is 19.3 Å². The first-order valence-electron chi connectivity index (χ1n) is 10.3. The summed E-state index contributed by atoms with van der Waals surface area (Å²) < 4.78 is 17.1. The second kappa shape index (κ2) is 7.92. The van der Waals surface area contributed by atoms with Crippen molar-refractivity contribution in [2.45, 2.75) is 18.7 Å². The molecule has 0 unspecified atom stereocenters. The fourth-order valence-electron chi connectivity index (χ4n) is 4.41. The van der Waals surface area contributed by atoms with Crippen LogP contribution in [0, 0.1) is 0 Å². The third kappa shape index (κ3) is 3.13. The van der Waals surface area contributed by atoms with Crippen LogP contribution in [0.3, 0.4) is 0 Å². The van der Waals surface area contributed by atoms with Crippen LogP contribution < -0.4 is 14.2 Å². The van der Waals surface area contributed by atoms with Crippen LogP contribution in [0.2, 0.25) is 0 Å². The Labute approximate surface area is 185 Å². The lowest BCUT2D eigenvalue weighted by molar-refractivity contribution is -0.0199. The summed E-state index contributed by atoms with van der Waals surface area (Å²) in [6.07, 6.45) is -0.0432. The highest BCUT2D eigenvalue weighted by molar-refractivity contribution is 6.02. The van der Waals surface area contributed by atoms with Crippen molar-refractivity contribution >= 4 is 11.7 Å². The smallest absolute Gasteiger partial charge is 0.340 e. The molecule has 0 saturated carbocycles. The van der Waals surface area contributed by atoms with Gasteiger partial charge in [0.2, 0.25) is 6.23 Å². The van der Waals surface area contributed by atoms with E-state index in [2.05, 4.69) is 0 Å². The van der Waals surface area contributed by atoms with Crippen LogP contribution in [0.5, 0.6) is 17.2 Å². The quantitative estimate of drug-likeness (QED) is 0.635. The predicted molar refractivity (Wildman–Crippen MR) is 118 cm³/mol. The molecule has 0 amide bonds. The van der Waals surface area contributed by atoms with Crippen LogP contribution in [0.15, 0.2) is 71.8 Å². The Morgan fingerprint density at radius 3 is 2.47 bits per heavy atom. The number of benzene rings is 3. The van der Waals surface area contributed by atoms with E-state index in [1.165, 1.54) is 14.2 Å². The lowest BCUT2D eigenvalue weighted by atomic mass is 9.95. The van der Waals surface area contributed by atoms with Crippen LogP contribution in [0.25, 0.3) is 0 Å². The molecular weight excluding hydrogens is 408 g/mol. The highest BCUT2D eigenvalue weighted by atomic mass is 16.5. The standard InChI is InChI=1S/C25H22N2O5/c1-30-21-13-12-17(22(25(28)29)23(21)31-2)24-27-19(16-10-6-7-11-20(16)32-24)14-18(26-27)15-8-4-3-5-9-15/h3-13,19,24H,14H2,1-2H3,(H,28,29)/t19-,24+/m0/s1. The number of hydrogen-bond donors (Lipinski definition) is 1. The molecule has 0 fully saturated rings. The van der Waals surface area contributed by atoms with Gasteiger partial charge in [-0.1, -0.05) is 48.5 Å². The van der Waals surface area contributed by atoms with Gasteiger partial charge in [0, 0.05) is 17.5 Å². The van der Waals surface area contributed by atoms with E-state index < -0.39 is 12.2 Å². The molecule has 2 aliphatic heterocycles. The molecule has 3 aromatic carbocycles. The number of fused-ring (bicyclic) bond motifs is 3. The van der Waals surface area contributed by atoms with E-state index in [1.807, 2.05) is 59.6 Å². The summed E-state index contributed by atoms with van der Waals surface area (Å²) in [5.41, 5.74) is 3.43. The number of carboxylic acid groups (broad SMARTS) is 1. The van der Waals surface area contributed by atoms with Crippen molar-refractivity contribution in [1.29, 1.82) is 0 Å². The van der Waals surface area contributed by atoms with Crippen molar-refractivity contribution < 1.29 is 24.1 Å². The summed E-state index contributed by atoms with van der Waals surface area (Å²) in [5.74, 6) is 0.0925. The van der Waals surface area contributed by atoms with Gasteiger partial charge in [-0.05, 0) is 23.8 Å². The minimum atomic E-state index is -1.12. The molecule has 0 aromatic heterocycles. The normalized spacial score (nSPS) is 18.8. The number of para-hydroxylation sites is 1. The average molecular weight is 430 g/mol. The zero-order valence-electron chi connectivity index (χ0n) is 17.7. The maximum atomic E-state index is 12.3. The molecule has 0 saturated heterocycles. The maximum Gasteiger partial charge on any atom is 0.340 e. The Balaban J connectivity index is 1.67. The third-order valence-electron chi connectivity index (χ3n) is 5.86. The number of ether oxygens (including phenoxy) is 3. The molecule has 5 rings (SSSR count). The Hall–Kier alpha value is -4.00. The van der Waals surface area contributed by atoms with Crippen LogP contribution >= 0.6 is 0 Å². The molecule has 0 bridgehead atoms. The molecule has 7 nitrogen and oxygen atoms in total. The average Bonchev–Trinajstić information content (AvgIpc) is 3.29. The van der Waals surface area contributed by atoms with Crippen molar-refractivity contribution in [3.63, 3.8) is 0 Å². The summed E-state index contributed by atoms with van der Waals surface area (Å²) in [7, 11) is 2.90. The summed E-state index contributed by atoms with van der Waals surface area (Å²) in [5, 5.41) is 16.8. The van der Waals surface area contributed by atoms with E-state index in [0.29, 0.717) is 17.7 Å². The maximum absolute atomic E-state index is 12.3. The zero-order chi connectivity index (χ0) is 22.2. The van der Waals surface area contributed by atoms with E-state index in [0.717, 1.165) is 22.6 Å². The topological polar surface area (TPSA) is 80.6 Å². The first-order valence-corrected chi connectivity index (χ1v) is 10.3. The van der Waals surface area contributed by atoms with Gasteiger partial charge in [-0.2, -0.15) is 5.10 Å². The molecule has 0 aliphatic carbocycles. The first kappa shape index (κ1) is 19.9. The molecule has 3 aromatic rings. The first-order chi connectivity index (χ1) is 15.6. The number of methoxy groups -OCH3 is 2. The summed E-state index contributed by atoms with van der Waals surface area (Å²) in [4.78, 5) is 12.3. The molecule has 32 heavy (non-hydrogen) atoms. The Morgan fingerprint density at radius 1 is 1.00 bits per heavy atom. The van der Waals surface area contributed by atoms with Crippen molar-refractivity contribution in [2.24, 2.45) is 5.10 Å². The van der Waals surface area contributed by atoms with Crippen molar-refractivity contribution in [2.75, 3.05) is 14.2 Å². The molecule has 2 atom stereocenters. The van der Waals surface area contributed by atoms with Gasteiger partial charge in [0.05, 0.1) is 26.0 Å². The fourth-order valence-corrected chi connectivity index (χ4v) is 4.41. The van der Waals surface area contributed by atoms with Gasteiger partial charge in [0.25, 0.3) is 0 Å². The van der Waals surface area contributed by atoms with Crippen molar-refractivity contribution in [1.82, 2.24) is 5.01 Å². The Bertz CT molecular complexity index is 1210. The predicted octanol–water partition coefficient (Wildman–Crippen LogP) is 4.64. The zero-order valence-corrected chi connectivity index (χ0v) is 17.7. The van der Waals surface area contributed by atoms with E-state index in [9.17, 15) is 9.90 Å². The minimum absolute atomic E-state index is 0.00153. The SMILES string of the molecule is COc1ccc([C@H]2Oc3ccccc3[C@@H]3CC(c4ccccc4)=NN23)c(C(=O)O)c1OC. The lowest BCUT2D eigenvalue weighted by Crippen LogP contribution is -2.34. The second-order valence-corrected chi connectivity index (χ2v) is 7.59. The minimum Gasteiger partial charge on any atom is -0.493 e. The Morgan fingerprint density at radius 2 is 1.75 bits per heavy atom. The largest absolute Gasteiger partial charge is 0.493 e. The van der Waals surface area contributed by atoms with Gasteiger partial charge in [-0.25, -0.2) is 9.80 Å². The lowest BCUT2D eigenvalue weighted by Gasteiger charge is -2.38. The fraction of sp³-hybridized carbons (Fsp3) is 0.200. The van der Waals surface area contributed by atoms with Gasteiger partial charge in [0.1, 0.15) is 11.3 Å². The van der Waals surface area contributed by atoms with Crippen LogP contribution in [0.4, 0.5) is 0 Å². The molecule has 2 aliphatic rings. The number of aromatic carboxylic acids is 1. The van der Waals surface area contributed by atoms with E-state index in [-0.39, 0.29) is 17.4 Å². The monoisotopic (exact) mass is 430 g/mol. The van der Waals surface area contributed by atoms with Gasteiger partial charge >= 0.3 is 5.97 Å². The van der Waals surface area contributed by atoms with E-state index in [1.54, 1.807) is 12.1 Å². The number of hydrazone groups is 1. The molecule has 162 valence electrons. The van der Waals surface area contributed by atoms with Gasteiger partial charge in [-0.15, -0.1) is 0 Å².